The van der Waals surface area contributed by atoms with Gasteiger partial charge < -0.3 is 14.7 Å². The maximum Gasteiger partial charge on any atom is 0.119 e. The van der Waals surface area contributed by atoms with Gasteiger partial charge >= 0.3 is 0 Å². The molecule has 142 valence electrons. The number of aliphatic hydroxyl groups excluding tert-OH is 1. The van der Waals surface area contributed by atoms with Gasteiger partial charge in [0.05, 0.1) is 24.1 Å². The largest absolute Gasteiger partial charge is 0.497 e. The number of piperidine rings is 1. The number of anilines is 1. The molecule has 4 rings (SSSR count). The summed E-state index contributed by atoms with van der Waals surface area (Å²) in [6.07, 6.45) is 5.77. The lowest BCUT2D eigenvalue weighted by atomic mass is 10.00. The van der Waals surface area contributed by atoms with E-state index in [4.69, 9.17) is 9.72 Å². The summed E-state index contributed by atoms with van der Waals surface area (Å²) >= 11 is 1.60. The highest BCUT2D eigenvalue weighted by Gasteiger charge is 2.20. The number of rotatable bonds is 6. The lowest BCUT2D eigenvalue weighted by Gasteiger charge is -2.31. The van der Waals surface area contributed by atoms with Crippen LogP contribution in [0.3, 0.4) is 0 Å². The maximum absolute atomic E-state index is 9.53. The van der Waals surface area contributed by atoms with Crippen molar-refractivity contribution in [2.45, 2.75) is 38.7 Å². The molecular formula is C22H26N2O2S. The van der Waals surface area contributed by atoms with Gasteiger partial charge in [-0.15, -0.1) is 11.3 Å². The lowest BCUT2D eigenvalue weighted by molar-refractivity contribution is 0.281. The zero-order chi connectivity index (χ0) is 18.6. The van der Waals surface area contributed by atoms with Crippen LogP contribution in [0.15, 0.2) is 36.4 Å². The summed E-state index contributed by atoms with van der Waals surface area (Å²) in [5.74, 6) is 0.896. The molecule has 0 aliphatic carbocycles. The fourth-order valence-corrected chi connectivity index (χ4v) is 4.71. The van der Waals surface area contributed by atoms with Crippen molar-refractivity contribution in [2.75, 3.05) is 25.1 Å². The number of methoxy groups -OCH3 is 1. The van der Waals surface area contributed by atoms with Crippen molar-refractivity contribution in [3.05, 3.63) is 52.5 Å². The van der Waals surface area contributed by atoms with Crippen LogP contribution < -0.4 is 9.64 Å². The van der Waals surface area contributed by atoms with Gasteiger partial charge in [-0.05, 0) is 61.4 Å². The highest BCUT2D eigenvalue weighted by atomic mass is 32.1. The molecule has 1 fully saturated rings. The van der Waals surface area contributed by atoms with Crippen molar-refractivity contribution in [3.8, 4) is 5.75 Å². The monoisotopic (exact) mass is 382 g/mol. The second kappa shape index (κ2) is 8.28. The third-order valence-electron chi connectivity index (χ3n) is 5.31. The fourth-order valence-electron chi connectivity index (χ4n) is 3.88. The molecule has 1 saturated heterocycles. The van der Waals surface area contributed by atoms with E-state index in [1.165, 1.54) is 40.8 Å². The van der Waals surface area contributed by atoms with Crippen LogP contribution in [0.5, 0.6) is 5.75 Å². The predicted octanol–water partition coefficient (Wildman–Crippen LogP) is 4.57. The van der Waals surface area contributed by atoms with Crippen LogP contribution in [0.4, 0.5) is 5.69 Å². The van der Waals surface area contributed by atoms with E-state index in [0.29, 0.717) is 0 Å². The van der Waals surface area contributed by atoms with Crippen molar-refractivity contribution in [1.82, 2.24) is 4.98 Å². The van der Waals surface area contributed by atoms with Gasteiger partial charge in [0.2, 0.25) is 0 Å². The first-order valence-electron chi connectivity index (χ1n) is 9.68. The molecule has 0 unspecified atom stereocenters. The Labute approximate surface area is 164 Å². The second-order valence-corrected chi connectivity index (χ2v) is 8.20. The second-order valence-electron chi connectivity index (χ2n) is 7.08. The highest BCUT2D eigenvalue weighted by Crippen LogP contribution is 2.36. The number of benzene rings is 2. The average Bonchev–Trinajstić information content (AvgIpc) is 3.16. The molecule has 0 spiro atoms. The Bertz CT molecular complexity index is 899. The van der Waals surface area contributed by atoms with E-state index in [1.807, 2.05) is 12.1 Å². The van der Waals surface area contributed by atoms with Crippen molar-refractivity contribution >= 4 is 27.2 Å². The zero-order valence-corrected chi connectivity index (χ0v) is 16.6. The molecule has 2 aromatic carbocycles. The topological polar surface area (TPSA) is 45.6 Å². The third kappa shape index (κ3) is 3.94. The van der Waals surface area contributed by atoms with Crippen molar-refractivity contribution in [1.29, 1.82) is 0 Å². The molecule has 1 aliphatic rings. The normalized spacial score (nSPS) is 14.7. The van der Waals surface area contributed by atoms with Gasteiger partial charge in [0.25, 0.3) is 0 Å². The number of aryl methyl sites for hydroxylation is 2. The summed E-state index contributed by atoms with van der Waals surface area (Å²) in [7, 11) is 1.70. The molecule has 1 aliphatic heterocycles. The third-order valence-corrected chi connectivity index (χ3v) is 6.32. The van der Waals surface area contributed by atoms with Crippen LogP contribution in [-0.2, 0) is 19.4 Å². The summed E-state index contributed by atoms with van der Waals surface area (Å²) in [6, 6.07) is 12.8. The highest BCUT2D eigenvalue weighted by molar-refractivity contribution is 7.18. The molecule has 5 heteroatoms. The van der Waals surface area contributed by atoms with Gasteiger partial charge in [-0.1, -0.05) is 18.2 Å². The number of ether oxygens (including phenoxy) is 1. The molecule has 1 N–H and O–H groups in total. The minimum atomic E-state index is 0.0139. The first-order chi connectivity index (χ1) is 13.3. The van der Waals surface area contributed by atoms with E-state index < -0.39 is 0 Å². The molecule has 0 amide bonds. The number of hydrogen-bond donors (Lipinski definition) is 1. The Kier molecular flexibility index (Phi) is 5.60. The molecule has 0 bridgehead atoms. The first-order valence-corrected chi connectivity index (χ1v) is 10.5. The number of hydrogen-bond acceptors (Lipinski definition) is 5. The molecule has 2 heterocycles. The van der Waals surface area contributed by atoms with Gasteiger partial charge in [-0.2, -0.15) is 0 Å². The number of nitrogens with zero attached hydrogens (tertiary/aromatic N) is 2. The predicted molar refractivity (Wildman–Crippen MR) is 112 cm³/mol. The Morgan fingerprint density at radius 1 is 1.04 bits per heavy atom. The summed E-state index contributed by atoms with van der Waals surface area (Å²) in [5, 5.41) is 10.3. The molecule has 0 saturated carbocycles. The maximum atomic E-state index is 9.53. The van der Waals surface area contributed by atoms with Gasteiger partial charge in [0.15, 0.2) is 0 Å². The van der Waals surface area contributed by atoms with E-state index in [2.05, 4.69) is 29.2 Å². The quantitative estimate of drug-likeness (QED) is 0.678. The molecule has 3 aromatic rings. The SMILES string of the molecule is COc1ccc(CCc2ccc3sc(CO)nc3c2N2CCCCC2)cc1. The standard InChI is InChI=1S/C22H26N2O2S/c1-26-18-10-6-16(7-11-18)5-8-17-9-12-19-21(23-20(15-25)27-19)22(17)24-13-3-2-4-14-24/h6-7,9-12,25H,2-5,8,13-15H2,1H3. The lowest BCUT2D eigenvalue weighted by Crippen LogP contribution is -2.30. The fraction of sp³-hybridized carbons (Fsp3) is 0.409. The number of fused-ring (bicyclic) bond motifs is 1. The average molecular weight is 383 g/mol. The summed E-state index contributed by atoms with van der Waals surface area (Å²) < 4.78 is 6.43. The molecule has 27 heavy (non-hydrogen) atoms. The summed E-state index contributed by atoms with van der Waals surface area (Å²) in [5.41, 5.74) is 5.03. The van der Waals surface area contributed by atoms with Gasteiger partial charge in [-0.25, -0.2) is 4.98 Å². The van der Waals surface area contributed by atoms with Crippen molar-refractivity contribution in [2.24, 2.45) is 0 Å². The van der Waals surface area contributed by atoms with Crippen LogP contribution in [0, 0.1) is 0 Å². The van der Waals surface area contributed by atoms with E-state index in [-0.39, 0.29) is 6.61 Å². The van der Waals surface area contributed by atoms with Gasteiger partial charge in [0, 0.05) is 13.1 Å². The molecular weight excluding hydrogens is 356 g/mol. The van der Waals surface area contributed by atoms with Crippen molar-refractivity contribution in [3.63, 3.8) is 0 Å². The van der Waals surface area contributed by atoms with E-state index >= 15 is 0 Å². The molecule has 1 aromatic heterocycles. The Hall–Kier alpha value is -2.11. The Morgan fingerprint density at radius 2 is 1.81 bits per heavy atom. The number of aromatic nitrogens is 1. The van der Waals surface area contributed by atoms with Crippen molar-refractivity contribution < 1.29 is 9.84 Å². The zero-order valence-electron chi connectivity index (χ0n) is 15.8. The Balaban J connectivity index is 1.65. The first kappa shape index (κ1) is 18.3. The minimum Gasteiger partial charge on any atom is -0.497 e. The van der Waals surface area contributed by atoms with Crippen LogP contribution in [-0.4, -0.2) is 30.3 Å². The van der Waals surface area contributed by atoms with Crippen LogP contribution in [0.1, 0.15) is 35.4 Å². The van der Waals surface area contributed by atoms with Gasteiger partial charge in [0.1, 0.15) is 16.3 Å². The minimum absolute atomic E-state index is 0.0139. The van der Waals surface area contributed by atoms with Gasteiger partial charge in [-0.3, -0.25) is 0 Å². The van der Waals surface area contributed by atoms with Crippen LogP contribution in [0.25, 0.3) is 10.2 Å². The van der Waals surface area contributed by atoms with E-state index in [9.17, 15) is 5.11 Å². The Morgan fingerprint density at radius 3 is 2.52 bits per heavy atom. The summed E-state index contributed by atoms with van der Waals surface area (Å²) in [4.78, 5) is 7.26. The summed E-state index contributed by atoms with van der Waals surface area (Å²) in [6.45, 7) is 2.21. The number of thiazole rings is 1. The van der Waals surface area contributed by atoms with Crippen LogP contribution in [0.2, 0.25) is 0 Å². The molecule has 4 nitrogen and oxygen atoms in total. The number of aliphatic hydroxyl groups is 1. The molecule has 0 atom stereocenters. The van der Waals surface area contributed by atoms with Crippen LogP contribution >= 0.6 is 11.3 Å². The smallest absolute Gasteiger partial charge is 0.119 e. The molecule has 0 radical (unpaired) electrons. The van der Waals surface area contributed by atoms with E-state index in [0.717, 1.165) is 42.2 Å². The van der Waals surface area contributed by atoms with E-state index in [1.54, 1.807) is 18.4 Å².